The van der Waals surface area contributed by atoms with E-state index in [-0.39, 0.29) is 12.4 Å². The van der Waals surface area contributed by atoms with Crippen LogP contribution in [0.3, 0.4) is 0 Å². The van der Waals surface area contributed by atoms with E-state index in [1.54, 1.807) is 43.3 Å². The molecule has 2 aliphatic rings. The molecule has 0 unspecified atom stereocenters. The maximum Gasteiger partial charge on any atom is 0.336 e. The van der Waals surface area contributed by atoms with Gasteiger partial charge in [-0.1, -0.05) is 60.1 Å². The van der Waals surface area contributed by atoms with Gasteiger partial charge >= 0.3 is 5.97 Å². The van der Waals surface area contributed by atoms with Crippen LogP contribution in [0.2, 0.25) is 5.02 Å². The van der Waals surface area contributed by atoms with Crippen molar-refractivity contribution in [3.63, 3.8) is 0 Å². The number of fused-ring (bicyclic) bond motifs is 2. The number of carbonyl (C=O) groups is 2. The molecule has 0 spiro atoms. The topological polar surface area (TPSA) is 88.4 Å². The number of ether oxygens (including phenoxy) is 2. The summed E-state index contributed by atoms with van der Waals surface area (Å²) in [6, 6.07) is 21.9. The van der Waals surface area contributed by atoms with E-state index < -0.39 is 11.9 Å². The number of nitrogens with zero attached hydrogens (tertiary/aromatic N) is 1. The normalized spacial score (nSPS) is 16.2. The first-order valence-electron chi connectivity index (χ1n) is 11.3. The number of ketones is 1. The molecule has 36 heavy (non-hydrogen) atoms. The van der Waals surface area contributed by atoms with Crippen LogP contribution in [0.25, 0.3) is 5.70 Å². The van der Waals surface area contributed by atoms with Crippen molar-refractivity contribution in [2.75, 3.05) is 7.11 Å². The molecule has 0 aromatic heterocycles. The van der Waals surface area contributed by atoms with Crippen LogP contribution in [0.4, 0.5) is 0 Å². The minimum Gasteiger partial charge on any atom is -0.487 e. The van der Waals surface area contributed by atoms with Gasteiger partial charge in [0.25, 0.3) is 0 Å². The fourth-order valence-electron chi connectivity index (χ4n) is 4.77. The van der Waals surface area contributed by atoms with Crippen molar-refractivity contribution in [2.24, 2.45) is 0 Å². The number of hydrogen-bond acceptors (Lipinski definition) is 6. The van der Waals surface area contributed by atoms with Crippen LogP contribution in [0, 0.1) is 11.3 Å². The van der Waals surface area contributed by atoms with Gasteiger partial charge in [-0.25, -0.2) is 4.79 Å². The lowest BCUT2D eigenvalue weighted by Crippen LogP contribution is -2.29. The van der Waals surface area contributed by atoms with Gasteiger partial charge in [-0.05, 0) is 30.7 Å². The summed E-state index contributed by atoms with van der Waals surface area (Å²) in [5.41, 5.74) is 5.46. The van der Waals surface area contributed by atoms with Gasteiger partial charge in [0.05, 0.1) is 35.0 Å². The highest BCUT2D eigenvalue weighted by molar-refractivity contribution is 6.32. The van der Waals surface area contributed by atoms with Gasteiger partial charge in [-0.15, -0.1) is 0 Å². The lowest BCUT2D eigenvalue weighted by Gasteiger charge is -2.29. The van der Waals surface area contributed by atoms with Crippen LogP contribution in [0.15, 0.2) is 83.6 Å². The predicted molar refractivity (Wildman–Crippen MR) is 135 cm³/mol. The Hall–Kier alpha value is -4.34. The smallest absolute Gasteiger partial charge is 0.336 e. The van der Waals surface area contributed by atoms with Crippen molar-refractivity contribution in [1.82, 2.24) is 5.32 Å². The second-order valence-corrected chi connectivity index (χ2v) is 8.91. The molecule has 6 nitrogen and oxygen atoms in total. The lowest BCUT2D eigenvalue weighted by atomic mass is 9.80. The number of benzene rings is 3. The fraction of sp³-hybridized carbons (Fsp3) is 0.138. The van der Waals surface area contributed by atoms with Crippen molar-refractivity contribution >= 4 is 29.1 Å². The third-order valence-corrected chi connectivity index (χ3v) is 6.76. The molecule has 0 fully saturated rings. The van der Waals surface area contributed by atoms with Gasteiger partial charge < -0.3 is 14.8 Å². The Bertz CT molecular complexity index is 1530. The molecule has 7 heteroatoms. The van der Waals surface area contributed by atoms with E-state index in [1.165, 1.54) is 7.11 Å². The Kier molecular flexibility index (Phi) is 6.09. The van der Waals surface area contributed by atoms with Gasteiger partial charge in [-0.2, -0.15) is 5.26 Å². The van der Waals surface area contributed by atoms with Gasteiger partial charge in [0.15, 0.2) is 5.78 Å². The molecule has 1 heterocycles. The number of nitrogens with one attached hydrogen (secondary N) is 1. The zero-order chi connectivity index (χ0) is 25.4. The molecule has 5 rings (SSSR count). The molecule has 0 saturated heterocycles. The average molecular weight is 497 g/mol. The summed E-state index contributed by atoms with van der Waals surface area (Å²) in [6.45, 7) is 1.96. The summed E-state index contributed by atoms with van der Waals surface area (Å²) < 4.78 is 11.0. The standard InChI is InChI=1S/C29H21ClN2O4/c1-16-24(29(34)35-2)25(26-27(32-16)20-9-5-6-10-21(20)28(26)33)17-11-12-23(22(30)13-17)36-15-19-8-4-3-7-18(19)14-31/h3-13,25,32H,15H2,1-2H3/t25-/m0/s1. The number of allylic oxidation sites excluding steroid dienone is 2. The molecule has 1 atom stereocenters. The first-order chi connectivity index (χ1) is 17.4. The summed E-state index contributed by atoms with van der Waals surface area (Å²) in [5.74, 6) is -0.904. The Morgan fingerprint density at radius 3 is 2.53 bits per heavy atom. The summed E-state index contributed by atoms with van der Waals surface area (Å²) in [6.07, 6.45) is 0. The fourth-order valence-corrected chi connectivity index (χ4v) is 5.01. The van der Waals surface area contributed by atoms with E-state index in [0.717, 1.165) is 11.1 Å². The summed E-state index contributed by atoms with van der Waals surface area (Å²) >= 11 is 6.62. The van der Waals surface area contributed by atoms with Crippen LogP contribution >= 0.6 is 11.6 Å². The number of rotatable bonds is 5. The number of nitriles is 1. The molecule has 1 N–H and O–H groups in total. The number of halogens is 1. The Morgan fingerprint density at radius 2 is 1.81 bits per heavy atom. The van der Waals surface area contributed by atoms with Crippen LogP contribution in [-0.4, -0.2) is 18.9 Å². The SMILES string of the molecule is COC(=O)C1=C(C)NC2=C(C(=O)c3ccccc32)[C@H]1c1ccc(OCc2ccccc2C#N)c(Cl)c1. The summed E-state index contributed by atoms with van der Waals surface area (Å²) in [7, 11) is 1.32. The first kappa shape index (κ1) is 23.4. The molecule has 178 valence electrons. The highest BCUT2D eigenvalue weighted by Gasteiger charge is 2.42. The lowest BCUT2D eigenvalue weighted by molar-refractivity contribution is -0.136. The zero-order valence-corrected chi connectivity index (χ0v) is 20.3. The van der Waals surface area contributed by atoms with Crippen LogP contribution in [0.5, 0.6) is 5.75 Å². The number of methoxy groups -OCH3 is 1. The molecule has 0 radical (unpaired) electrons. The number of hydrogen-bond donors (Lipinski definition) is 1. The van der Waals surface area contributed by atoms with Gasteiger partial charge in [-0.3, -0.25) is 4.79 Å². The third-order valence-electron chi connectivity index (χ3n) is 6.46. The van der Waals surface area contributed by atoms with E-state index in [0.29, 0.717) is 50.0 Å². The highest BCUT2D eigenvalue weighted by Crippen LogP contribution is 2.47. The van der Waals surface area contributed by atoms with E-state index in [1.807, 2.05) is 30.3 Å². The molecule has 0 amide bonds. The second-order valence-electron chi connectivity index (χ2n) is 8.50. The van der Waals surface area contributed by atoms with E-state index in [4.69, 9.17) is 21.1 Å². The zero-order valence-electron chi connectivity index (χ0n) is 19.6. The van der Waals surface area contributed by atoms with Crippen LogP contribution < -0.4 is 10.1 Å². The van der Waals surface area contributed by atoms with Crippen molar-refractivity contribution in [3.05, 3.63) is 116 Å². The average Bonchev–Trinajstić information content (AvgIpc) is 3.18. The monoisotopic (exact) mass is 496 g/mol. The van der Waals surface area contributed by atoms with Crippen molar-refractivity contribution in [2.45, 2.75) is 19.4 Å². The Morgan fingerprint density at radius 1 is 1.08 bits per heavy atom. The predicted octanol–water partition coefficient (Wildman–Crippen LogP) is 5.53. The Balaban J connectivity index is 1.54. The van der Waals surface area contributed by atoms with Crippen molar-refractivity contribution in [1.29, 1.82) is 5.26 Å². The van der Waals surface area contributed by atoms with Crippen LogP contribution in [-0.2, 0) is 16.1 Å². The minimum absolute atomic E-state index is 0.142. The molecule has 0 saturated carbocycles. The maximum atomic E-state index is 13.5. The van der Waals surface area contributed by atoms with E-state index >= 15 is 0 Å². The highest BCUT2D eigenvalue weighted by atomic mass is 35.5. The maximum absolute atomic E-state index is 13.5. The molecule has 3 aromatic carbocycles. The number of Topliss-reactive ketones (excluding diaryl/α,β-unsaturated/α-hetero) is 1. The molecular weight excluding hydrogens is 476 g/mol. The van der Waals surface area contributed by atoms with Gasteiger partial charge in [0, 0.05) is 33.9 Å². The molecule has 0 bridgehead atoms. The second kappa shape index (κ2) is 9.37. The van der Waals surface area contributed by atoms with Crippen molar-refractivity contribution < 1.29 is 19.1 Å². The first-order valence-corrected chi connectivity index (χ1v) is 11.7. The molecular formula is C29H21ClN2O4. The van der Waals surface area contributed by atoms with Crippen LogP contribution in [0.1, 0.15) is 45.5 Å². The largest absolute Gasteiger partial charge is 0.487 e. The van der Waals surface area contributed by atoms with E-state index in [2.05, 4.69) is 11.4 Å². The van der Waals surface area contributed by atoms with E-state index in [9.17, 15) is 14.9 Å². The molecule has 1 aliphatic heterocycles. The minimum atomic E-state index is -0.667. The number of carbonyl (C=O) groups excluding carboxylic acids is 2. The quantitative estimate of drug-likeness (QED) is 0.467. The van der Waals surface area contributed by atoms with Gasteiger partial charge in [0.2, 0.25) is 0 Å². The number of dihydropyridines is 1. The summed E-state index contributed by atoms with van der Waals surface area (Å²) in [5, 5.41) is 12.9. The Labute approximate surface area is 213 Å². The third kappa shape index (κ3) is 3.84. The molecule has 1 aliphatic carbocycles. The number of esters is 1. The van der Waals surface area contributed by atoms with Crippen molar-refractivity contribution in [3.8, 4) is 11.8 Å². The molecule has 3 aromatic rings. The van der Waals surface area contributed by atoms with Gasteiger partial charge in [0.1, 0.15) is 12.4 Å². The summed E-state index contributed by atoms with van der Waals surface area (Å²) in [4.78, 5) is 26.4.